The molecule has 1 atom stereocenters. The van der Waals surface area contributed by atoms with Crippen molar-refractivity contribution in [1.82, 2.24) is 5.32 Å². The van der Waals surface area contributed by atoms with Gasteiger partial charge in [-0.1, -0.05) is 0 Å². The van der Waals surface area contributed by atoms with Crippen molar-refractivity contribution >= 4 is 5.69 Å². The molecule has 1 saturated heterocycles. The highest BCUT2D eigenvalue weighted by atomic mass is 16.6. The van der Waals surface area contributed by atoms with Crippen LogP contribution in [0.5, 0.6) is 11.5 Å². The minimum absolute atomic E-state index is 0.0746. The Morgan fingerprint density at radius 1 is 1.56 bits per heavy atom. The quantitative estimate of drug-likeness (QED) is 0.638. The predicted octanol–water partition coefficient (Wildman–Crippen LogP) is 1.73. The van der Waals surface area contributed by atoms with Gasteiger partial charge in [-0.2, -0.15) is 0 Å². The summed E-state index contributed by atoms with van der Waals surface area (Å²) in [6.45, 7) is 1.54. The summed E-state index contributed by atoms with van der Waals surface area (Å²) in [6, 6.07) is 4.97. The topological polar surface area (TPSA) is 73.6 Å². The molecule has 1 heterocycles. The number of ether oxygens (including phenoxy) is 2. The van der Waals surface area contributed by atoms with Gasteiger partial charge in [0, 0.05) is 6.04 Å². The average Bonchev–Trinajstić information content (AvgIpc) is 2.89. The molecule has 1 aliphatic rings. The fraction of sp³-hybridized carbons (Fsp3) is 0.500. The molecule has 0 radical (unpaired) electrons. The second kappa shape index (κ2) is 5.68. The first-order chi connectivity index (χ1) is 8.70. The van der Waals surface area contributed by atoms with Crippen molar-refractivity contribution in [2.75, 3.05) is 20.3 Å². The van der Waals surface area contributed by atoms with Crippen LogP contribution in [0, 0.1) is 10.1 Å². The van der Waals surface area contributed by atoms with Gasteiger partial charge < -0.3 is 14.8 Å². The van der Waals surface area contributed by atoms with E-state index in [4.69, 9.17) is 9.47 Å². The smallest absolute Gasteiger partial charge is 0.314 e. The lowest BCUT2D eigenvalue weighted by Gasteiger charge is -2.12. The van der Waals surface area contributed by atoms with Gasteiger partial charge in [-0.05, 0) is 31.5 Å². The van der Waals surface area contributed by atoms with Crippen molar-refractivity contribution in [3.05, 3.63) is 28.3 Å². The lowest BCUT2D eigenvalue weighted by Crippen LogP contribution is -2.28. The number of rotatable bonds is 5. The van der Waals surface area contributed by atoms with Gasteiger partial charge >= 0.3 is 5.69 Å². The van der Waals surface area contributed by atoms with Gasteiger partial charge in [0.25, 0.3) is 0 Å². The lowest BCUT2D eigenvalue weighted by molar-refractivity contribution is -0.385. The Morgan fingerprint density at radius 2 is 2.39 bits per heavy atom. The molecule has 6 nitrogen and oxygen atoms in total. The van der Waals surface area contributed by atoms with Crippen LogP contribution < -0.4 is 14.8 Å². The zero-order valence-corrected chi connectivity index (χ0v) is 10.2. The van der Waals surface area contributed by atoms with Gasteiger partial charge in [0.2, 0.25) is 0 Å². The molecule has 0 bridgehead atoms. The Hall–Kier alpha value is -1.82. The molecule has 1 aromatic carbocycles. The van der Waals surface area contributed by atoms with E-state index in [9.17, 15) is 10.1 Å². The number of hydrogen-bond acceptors (Lipinski definition) is 5. The molecule has 1 aromatic rings. The third-order valence-corrected chi connectivity index (χ3v) is 2.96. The number of hydrogen-bond donors (Lipinski definition) is 1. The summed E-state index contributed by atoms with van der Waals surface area (Å²) in [5.74, 6) is 0.738. The molecule has 0 amide bonds. The maximum absolute atomic E-state index is 10.9. The van der Waals surface area contributed by atoms with Crippen LogP contribution in [-0.2, 0) is 0 Å². The third-order valence-electron chi connectivity index (χ3n) is 2.96. The predicted molar refractivity (Wildman–Crippen MR) is 66.2 cm³/mol. The molecule has 1 fully saturated rings. The van der Waals surface area contributed by atoms with E-state index in [1.807, 2.05) is 0 Å². The van der Waals surface area contributed by atoms with Crippen LogP contribution in [0.3, 0.4) is 0 Å². The second-order valence-electron chi connectivity index (χ2n) is 4.20. The summed E-state index contributed by atoms with van der Waals surface area (Å²) < 4.78 is 10.5. The van der Waals surface area contributed by atoms with Crippen molar-refractivity contribution in [1.29, 1.82) is 0 Å². The van der Waals surface area contributed by atoms with E-state index in [1.165, 1.54) is 13.2 Å². The van der Waals surface area contributed by atoms with E-state index in [-0.39, 0.29) is 11.4 Å². The van der Waals surface area contributed by atoms with Crippen LogP contribution in [-0.4, -0.2) is 31.2 Å². The van der Waals surface area contributed by atoms with Crippen LogP contribution in [0.1, 0.15) is 12.8 Å². The molecular formula is C12H16N2O4. The molecule has 0 aliphatic carbocycles. The lowest BCUT2D eigenvalue weighted by atomic mass is 10.2. The van der Waals surface area contributed by atoms with Gasteiger partial charge in [-0.15, -0.1) is 0 Å². The number of methoxy groups -OCH3 is 1. The number of nitrogens with zero attached hydrogens (tertiary/aromatic N) is 1. The highest BCUT2D eigenvalue weighted by molar-refractivity contribution is 5.50. The molecule has 2 rings (SSSR count). The Morgan fingerprint density at radius 3 is 3.00 bits per heavy atom. The molecular weight excluding hydrogens is 236 g/mol. The van der Waals surface area contributed by atoms with Gasteiger partial charge in [-0.3, -0.25) is 10.1 Å². The van der Waals surface area contributed by atoms with Gasteiger partial charge in [0.15, 0.2) is 5.75 Å². The van der Waals surface area contributed by atoms with E-state index in [1.54, 1.807) is 12.1 Å². The van der Waals surface area contributed by atoms with Crippen LogP contribution in [0.15, 0.2) is 18.2 Å². The fourth-order valence-corrected chi connectivity index (χ4v) is 2.00. The summed E-state index contributed by atoms with van der Waals surface area (Å²) in [4.78, 5) is 10.4. The summed E-state index contributed by atoms with van der Waals surface area (Å²) in [7, 11) is 1.41. The first-order valence-corrected chi connectivity index (χ1v) is 5.89. The van der Waals surface area contributed by atoms with Crippen molar-refractivity contribution < 1.29 is 14.4 Å². The largest absolute Gasteiger partial charge is 0.492 e. The fourth-order valence-electron chi connectivity index (χ4n) is 2.00. The zero-order chi connectivity index (χ0) is 13.0. The van der Waals surface area contributed by atoms with E-state index in [0.717, 1.165) is 19.4 Å². The first-order valence-electron chi connectivity index (χ1n) is 5.89. The van der Waals surface area contributed by atoms with E-state index < -0.39 is 4.92 Å². The van der Waals surface area contributed by atoms with Gasteiger partial charge in [0.1, 0.15) is 12.4 Å². The molecule has 6 heteroatoms. The Balaban J connectivity index is 2.04. The summed E-state index contributed by atoms with van der Waals surface area (Å²) >= 11 is 0. The third kappa shape index (κ3) is 2.89. The summed E-state index contributed by atoms with van der Waals surface area (Å²) in [6.07, 6.45) is 2.23. The Bertz CT molecular complexity index is 430. The Kier molecular flexibility index (Phi) is 3.99. The molecule has 98 valence electrons. The minimum atomic E-state index is -0.473. The maximum Gasteiger partial charge on any atom is 0.314 e. The molecule has 0 saturated carbocycles. The number of nitro benzene ring substituents is 1. The van der Waals surface area contributed by atoms with Gasteiger partial charge in [0.05, 0.1) is 18.1 Å². The molecule has 18 heavy (non-hydrogen) atoms. The SMILES string of the molecule is COc1ccc(OCC2CCCN2)cc1[N+](=O)[O-]. The van der Waals surface area contributed by atoms with E-state index in [0.29, 0.717) is 18.4 Å². The number of nitrogens with one attached hydrogen (secondary N) is 1. The van der Waals surface area contributed by atoms with Crippen molar-refractivity contribution in [3.8, 4) is 11.5 Å². The second-order valence-corrected chi connectivity index (χ2v) is 4.20. The van der Waals surface area contributed by atoms with Crippen molar-refractivity contribution in [2.45, 2.75) is 18.9 Å². The Labute approximate surface area is 105 Å². The summed E-state index contributed by atoms with van der Waals surface area (Å²) in [5, 5.41) is 14.2. The van der Waals surface area contributed by atoms with E-state index in [2.05, 4.69) is 5.32 Å². The molecule has 0 spiro atoms. The molecule has 1 unspecified atom stereocenters. The average molecular weight is 252 g/mol. The first kappa shape index (κ1) is 12.6. The van der Waals surface area contributed by atoms with Crippen molar-refractivity contribution in [3.63, 3.8) is 0 Å². The number of nitro groups is 1. The van der Waals surface area contributed by atoms with E-state index >= 15 is 0 Å². The van der Waals surface area contributed by atoms with Crippen molar-refractivity contribution in [2.24, 2.45) is 0 Å². The summed E-state index contributed by atoms with van der Waals surface area (Å²) in [5.41, 5.74) is -0.0746. The normalized spacial score (nSPS) is 18.6. The maximum atomic E-state index is 10.9. The van der Waals surface area contributed by atoms with Crippen LogP contribution in [0.2, 0.25) is 0 Å². The molecule has 1 aliphatic heterocycles. The highest BCUT2D eigenvalue weighted by Crippen LogP contribution is 2.30. The zero-order valence-electron chi connectivity index (χ0n) is 10.2. The van der Waals surface area contributed by atoms with Crippen LogP contribution in [0.4, 0.5) is 5.69 Å². The number of benzene rings is 1. The minimum Gasteiger partial charge on any atom is -0.492 e. The molecule has 1 N–H and O–H groups in total. The van der Waals surface area contributed by atoms with Gasteiger partial charge in [-0.25, -0.2) is 0 Å². The van der Waals surface area contributed by atoms with Crippen LogP contribution in [0.25, 0.3) is 0 Å². The highest BCUT2D eigenvalue weighted by Gasteiger charge is 2.18. The standard InChI is InChI=1S/C12H16N2O4/c1-17-12-5-4-10(7-11(12)14(15)16)18-8-9-3-2-6-13-9/h4-5,7,9,13H,2-3,6,8H2,1H3. The molecule has 0 aromatic heterocycles. The monoisotopic (exact) mass is 252 g/mol. The van der Waals surface area contributed by atoms with Crippen LogP contribution >= 0.6 is 0 Å².